The molecule has 4 heteroatoms. The largest absolute Gasteiger partial charge is 0.497 e. The molecule has 1 aromatic carbocycles. The number of hydrogen-bond acceptors (Lipinski definition) is 4. The van der Waals surface area contributed by atoms with Crippen molar-refractivity contribution in [2.24, 2.45) is 5.84 Å². The third kappa shape index (κ3) is 3.39. The molecule has 0 spiro atoms. The Kier molecular flexibility index (Phi) is 5.62. The van der Waals surface area contributed by atoms with Gasteiger partial charge < -0.3 is 9.64 Å². The van der Waals surface area contributed by atoms with E-state index in [1.54, 1.807) is 7.11 Å². The minimum atomic E-state index is 0.0671. The zero-order valence-corrected chi connectivity index (χ0v) is 13.6. The van der Waals surface area contributed by atoms with Crippen molar-refractivity contribution in [1.82, 2.24) is 10.3 Å². The molecule has 1 fully saturated rings. The van der Waals surface area contributed by atoms with Crippen molar-refractivity contribution in [2.45, 2.75) is 50.1 Å². The standard InChI is InChI=1S/C17H29N3O/c1-20(2)17(11-6-4-5-7-12-17)16(19-18)14-9-8-10-15(13-14)21-3/h8-10,13,16,19H,4-7,11-12,18H2,1-3H3. The van der Waals surface area contributed by atoms with Crippen LogP contribution in [-0.2, 0) is 0 Å². The van der Waals surface area contributed by atoms with Crippen LogP contribution in [0, 0.1) is 0 Å². The molecule has 3 N–H and O–H groups in total. The Bertz CT molecular complexity index is 439. The van der Waals surface area contributed by atoms with Gasteiger partial charge in [0, 0.05) is 5.54 Å². The van der Waals surface area contributed by atoms with Crippen molar-refractivity contribution in [3.8, 4) is 5.75 Å². The number of hydrazine groups is 1. The zero-order chi connectivity index (χ0) is 15.3. The van der Waals surface area contributed by atoms with Crippen LogP contribution in [0.25, 0.3) is 0 Å². The quantitative estimate of drug-likeness (QED) is 0.497. The second-order valence-electron chi connectivity index (χ2n) is 6.29. The van der Waals surface area contributed by atoms with E-state index in [0.717, 1.165) is 5.75 Å². The minimum absolute atomic E-state index is 0.0671. The Hall–Kier alpha value is -1.10. The van der Waals surface area contributed by atoms with E-state index in [0.29, 0.717) is 0 Å². The van der Waals surface area contributed by atoms with E-state index in [-0.39, 0.29) is 11.6 Å². The molecule has 1 unspecified atom stereocenters. The van der Waals surface area contributed by atoms with Crippen molar-refractivity contribution in [3.63, 3.8) is 0 Å². The van der Waals surface area contributed by atoms with E-state index < -0.39 is 0 Å². The molecule has 4 nitrogen and oxygen atoms in total. The Morgan fingerprint density at radius 3 is 2.38 bits per heavy atom. The maximum atomic E-state index is 5.98. The van der Waals surface area contributed by atoms with Crippen molar-refractivity contribution < 1.29 is 4.74 Å². The summed E-state index contributed by atoms with van der Waals surface area (Å²) in [6.07, 6.45) is 7.52. The Balaban J connectivity index is 2.38. The van der Waals surface area contributed by atoms with E-state index in [4.69, 9.17) is 10.6 Å². The molecule has 2 rings (SSSR count). The molecule has 1 atom stereocenters. The van der Waals surface area contributed by atoms with Crippen molar-refractivity contribution >= 4 is 0 Å². The van der Waals surface area contributed by atoms with Gasteiger partial charge in [-0.2, -0.15) is 0 Å². The van der Waals surface area contributed by atoms with Gasteiger partial charge in [0.15, 0.2) is 0 Å². The molecule has 0 radical (unpaired) electrons. The van der Waals surface area contributed by atoms with Gasteiger partial charge in [0.2, 0.25) is 0 Å². The SMILES string of the molecule is COc1cccc(C(NN)C2(N(C)C)CCCCCC2)c1. The maximum Gasteiger partial charge on any atom is 0.119 e. The molecule has 1 saturated carbocycles. The smallest absolute Gasteiger partial charge is 0.119 e. The van der Waals surface area contributed by atoms with Crippen molar-refractivity contribution in [3.05, 3.63) is 29.8 Å². The molecule has 21 heavy (non-hydrogen) atoms. The van der Waals surface area contributed by atoms with E-state index in [1.165, 1.54) is 44.1 Å². The van der Waals surface area contributed by atoms with Crippen LogP contribution in [-0.4, -0.2) is 31.6 Å². The average molecular weight is 291 g/mol. The number of nitrogens with one attached hydrogen (secondary N) is 1. The van der Waals surface area contributed by atoms with Crippen LogP contribution in [0.4, 0.5) is 0 Å². The summed E-state index contributed by atoms with van der Waals surface area (Å²) in [6.45, 7) is 0. The second kappa shape index (κ2) is 7.25. The monoisotopic (exact) mass is 291 g/mol. The third-order valence-electron chi connectivity index (χ3n) is 4.99. The first-order valence-corrected chi connectivity index (χ1v) is 7.91. The summed E-state index contributed by atoms with van der Waals surface area (Å²) in [7, 11) is 6.06. The summed E-state index contributed by atoms with van der Waals surface area (Å²) >= 11 is 0. The topological polar surface area (TPSA) is 50.5 Å². The Morgan fingerprint density at radius 1 is 1.19 bits per heavy atom. The molecular formula is C17H29N3O. The molecule has 0 amide bonds. The normalized spacial score (nSPS) is 20.0. The highest BCUT2D eigenvalue weighted by Crippen LogP contribution is 2.41. The van der Waals surface area contributed by atoms with Gasteiger partial charge in [0.25, 0.3) is 0 Å². The molecule has 0 aromatic heterocycles. The number of ether oxygens (including phenoxy) is 1. The summed E-state index contributed by atoms with van der Waals surface area (Å²) < 4.78 is 5.37. The third-order valence-corrected chi connectivity index (χ3v) is 4.99. The lowest BCUT2D eigenvalue weighted by Crippen LogP contribution is -2.55. The molecule has 118 valence electrons. The van der Waals surface area contributed by atoms with E-state index >= 15 is 0 Å². The van der Waals surface area contributed by atoms with Crippen molar-refractivity contribution in [2.75, 3.05) is 21.2 Å². The fraction of sp³-hybridized carbons (Fsp3) is 0.647. The van der Waals surface area contributed by atoms with Crippen LogP contribution in [0.3, 0.4) is 0 Å². The summed E-state index contributed by atoms with van der Waals surface area (Å²) in [6, 6.07) is 8.37. The van der Waals surface area contributed by atoms with Gasteiger partial charge in [0.05, 0.1) is 13.2 Å². The van der Waals surface area contributed by atoms with Gasteiger partial charge in [-0.3, -0.25) is 11.3 Å². The molecule has 0 heterocycles. The first kappa shape index (κ1) is 16.3. The number of rotatable bonds is 5. The molecule has 1 aliphatic carbocycles. The van der Waals surface area contributed by atoms with E-state index in [9.17, 15) is 0 Å². The number of methoxy groups -OCH3 is 1. The highest BCUT2D eigenvalue weighted by atomic mass is 16.5. The number of nitrogens with two attached hydrogens (primary N) is 1. The lowest BCUT2D eigenvalue weighted by molar-refractivity contribution is 0.0799. The highest BCUT2D eigenvalue weighted by molar-refractivity contribution is 5.32. The first-order chi connectivity index (χ1) is 10.1. The molecule has 0 saturated heterocycles. The number of likely N-dealkylation sites (N-methyl/N-ethyl adjacent to an activating group) is 1. The Morgan fingerprint density at radius 2 is 1.86 bits per heavy atom. The van der Waals surface area contributed by atoms with Gasteiger partial charge in [-0.25, -0.2) is 0 Å². The minimum Gasteiger partial charge on any atom is -0.497 e. The fourth-order valence-electron chi connectivity index (χ4n) is 3.72. The van der Waals surface area contributed by atoms with Gasteiger partial charge in [-0.15, -0.1) is 0 Å². The second-order valence-corrected chi connectivity index (χ2v) is 6.29. The van der Waals surface area contributed by atoms with Crippen LogP contribution in [0.2, 0.25) is 0 Å². The highest BCUT2D eigenvalue weighted by Gasteiger charge is 2.41. The predicted molar refractivity (Wildman–Crippen MR) is 87.2 cm³/mol. The lowest BCUT2D eigenvalue weighted by Gasteiger charge is -2.45. The van der Waals surface area contributed by atoms with Gasteiger partial charge in [-0.05, 0) is 44.6 Å². The molecule has 1 aromatic rings. The summed E-state index contributed by atoms with van der Waals surface area (Å²) in [4.78, 5) is 2.36. The van der Waals surface area contributed by atoms with E-state index in [1.807, 2.05) is 12.1 Å². The fourth-order valence-corrected chi connectivity index (χ4v) is 3.72. The number of benzene rings is 1. The zero-order valence-electron chi connectivity index (χ0n) is 13.6. The van der Waals surface area contributed by atoms with Gasteiger partial charge in [0.1, 0.15) is 5.75 Å². The van der Waals surface area contributed by atoms with Gasteiger partial charge in [-0.1, -0.05) is 37.8 Å². The maximum absolute atomic E-state index is 5.98. The van der Waals surface area contributed by atoms with Crippen LogP contribution in [0.15, 0.2) is 24.3 Å². The molecular weight excluding hydrogens is 262 g/mol. The lowest BCUT2D eigenvalue weighted by atomic mass is 9.78. The summed E-state index contributed by atoms with van der Waals surface area (Å²) in [5.74, 6) is 6.87. The summed E-state index contributed by atoms with van der Waals surface area (Å²) in [5, 5.41) is 0. The van der Waals surface area contributed by atoms with Crippen LogP contribution in [0.1, 0.15) is 50.1 Å². The number of nitrogens with zero attached hydrogens (tertiary/aromatic N) is 1. The van der Waals surface area contributed by atoms with Gasteiger partial charge >= 0.3 is 0 Å². The predicted octanol–water partition coefficient (Wildman–Crippen LogP) is 2.85. The Labute approximate surface area is 128 Å². The van der Waals surface area contributed by atoms with Crippen LogP contribution in [0.5, 0.6) is 5.75 Å². The summed E-state index contributed by atoms with van der Waals surface area (Å²) in [5.41, 5.74) is 4.36. The van der Waals surface area contributed by atoms with Crippen LogP contribution >= 0.6 is 0 Å². The molecule has 0 bridgehead atoms. The first-order valence-electron chi connectivity index (χ1n) is 7.91. The molecule has 1 aliphatic rings. The van der Waals surface area contributed by atoms with E-state index in [2.05, 4.69) is 36.6 Å². The van der Waals surface area contributed by atoms with Crippen LogP contribution < -0.4 is 16.0 Å². The number of hydrogen-bond donors (Lipinski definition) is 2. The molecule has 0 aliphatic heterocycles. The van der Waals surface area contributed by atoms with Crippen molar-refractivity contribution in [1.29, 1.82) is 0 Å². The average Bonchev–Trinajstić information content (AvgIpc) is 2.75.